The highest BCUT2D eigenvalue weighted by Gasteiger charge is 2.48. The van der Waals surface area contributed by atoms with Crippen molar-refractivity contribution >= 4 is 5.91 Å². The lowest BCUT2D eigenvalue weighted by molar-refractivity contribution is -0.130. The predicted octanol–water partition coefficient (Wildman–Crippen LogP) is 5.27. The molecule has 1 N–H and O–H groups in total. The van der Waals surface area contributed by atoms with Gasteiger partial charge in [-0.2, -0.15) is 0 Å². The van der Waals surface area contributed by atoms with Gasteiger partial charge in [0.1, 0.15) is 0 Å². The van der Waals surface area contributed by atoms with Crippen LogP contribution in [0.25, 0.3) is 0 Å². The van der Waals surface area contributed by atoms with Crippen molar-refractivity contribution in [2.45, 2.75) is 95.2 Å². The summed E-state index contributed by atoms with van der Waals surface area (Å²) in [6.45, 7) is 3.51. The predicted molar refractivity (Wildman–Crippen MR) is 131 cm³/mol. The number of morpholine rings is 1. The Morgan fingerprint density at radius 1 is 0.939 bits per heavy atom. The van der Waals surface area contributed by atoms with Crippen LogP contribution in [0.4, 0.5) is 0 Å². The Labute approximate surface area is 199 Å². The average molecular weight is 451 g/mol. The highest BCUT2D eigenvalue weighted by Crippen LogP contribution is 2.53. The molecule has 4 heteroatoms. The minimum absolute atomic E-state index is 0.0251. The molecule has 0 radical (unpaired) electrons. The van der Waals surface area contributed by atoms with E-state index in [0.717, 1.165) is 55.8 Å². The largest absolute Gasteiger partial charge is 0.375 e. The minimum atomic E-state index is 0.0251. The van der Waals surface area contributed by atoms with Crippen LogP contribution in [-0.4, -0.2) is 42.6 Å². The fraction of sp³-hybridized carbons (Fsp3) is 0.759. The van der Waals surface area contributed by atoms with Crippen molar-refractivity contribution in [3.8, 4) is 0 Å². The smallest absolute Gasteiger partial charge is 0.222 e. The number of ether oxygens (including phenoxy) is 1. The van der Waals surface area contributed by atoms with E-state index in [1.54, 1.807) is 0 Å². The molecule has 1 amide bonds. The molecule has 1 saturated heterocycles. The van der Waals surface area contributed by atoms with Crippen LogP contribution in [0.2, 0.25) is 0 Å². The molecule has 6 fully saturated rings. The second kappa shape index (κ2) is 9.70. The molecule has 4 nitrogen and oxygen atoms in total. The summed E-state index contributed by atoms with van der Waals surface area (Å²) in [4.78, 5) is 15.4. The van der Waals surface area contributed by atoms with Crippen molar-refractivity contribution in [2.24, 2.45) is 23.7 Å². The molecule has 1 aliphatic heterocycles. The SMILES string of the molecule is O=C(CC1CN(Cc2ccc(C3CCCCC3)cc2)CCO1)NC1C2CC3CC(C2)CC1C3. The number of nitrogens with one attached hydrogen (secondary N) is 1. The molecule has 1 aromatic carbocycles. The van der Waals surface area contributed by atoms with Gasteiger partial charge in [-0.25, -0.2) is 0 Å². The van der Waals surface area contributed by atoms with Crippen LogP contribution in [0, 0.1) is 23.7 Å². The molecule has 0 spiro atoms. The fourth-order valence-electron chi connectivity index (χ4n) is 8.25. The first-order chi connectivity index (χ1) is 16.2. The van der Waals surface area contributed by atoms with E-state index in [0.29, 0.717) is 12.5 Å². The number of rotatable bonds is 6. The van der Waals surface area contributed by atoms with Gasteiger partial charge in [0.05, 0.1) is 19.1 Å². The Kier molecular flexibility index (Phi) is 6.49. The second-order valence-corrected chi connectivity index (χ2v) is 12.0. The summed E-state index contributed by atoms with van der Waals surface area (Å²) in [6, 6.07) is 9.82. The topological polar surface area (TPSA) is 41.6 Å². The van der Waals surface area contributed by atoms with Crippen LogP contribution >= 0.6 is 0 Å². The van der Waals surface area contributed by atoms with Gasteiger partial charge < -0.3 is 10.1 Å². The van der Waals surface area contributed by atoms with Gasteiger partial charge in [-0.3, -0.25) is 9.69 Å². The molecule has 33 heavy (non-hydrogen) atoms. The third-order valence-electron chi connectivity index (χ3n) is 9.65. The quantitative estimate of drug-likeness (QED) is 0.642. The molecule has 1 aromatic rings. The van der Waals surface area contributed by atoms with Gasteiger partial charge in [-0.1, -0.05) is 43.5 Å². The van der Waals surface area contributed by atoms with Crippen LogP contribution in [0.5, 0.6) is 0 Å². The Morgan fingerprint density at radius 2 is 1.64 bits per heavy atom. The number of carbonyl (C=O) groups is 1. The van der Waals surface area contributed by atoms with Gasteiger partial charge in [0.2, 0.25) is 5.91 Å². The minimum Gasteiger partial charge on any atom is -0.375 e. The van der Waals surface area contributed by atoms with Crippen molar-refractivity contribution in [1.29, 1.82) is 0 Å². The van der Waals surface area contributed by atoms with Crippen molar-refractivity contribution in [3.63, 3.8) is 0 Å². The van der Waals surface area contributed by atoms with E-state index in [-0.39, 0.29) is 12.0 Å². The van der Waals surface area contributed by atoms with E-state index in [2.05, 4.69) is 34.5 Å². The van der Waals surface area contributed by atoms with E-state index in [9.17, 15) is 4.79 Å². The number of hydrogen-bond donors (Lipinski definition) is 1. The van der Waals surface area contributed by atoms with Gasteiger partial charge in [0, 0.05) is 25.7 Å². The van der Waals surface area contributed by atoms with E-state index >= 15 is 0 Å². The van der Waals surface area contributed by atoms with Crippen LogP contribution in [-0.2, 0) is 16.1 Å². The number of carbonyl (C=O) groups excluding carboxylic acids is 1. The molecule has 5 saturated carbocycles. The summed E-state index contributed by atoms with van der Waals surface area (Å²) in [5, 5.41) is 3.47. The second-order valence-electron chi connectivity index (χ2n) is 12.0. The Balaban J connectivity index is 0.988. The number of hydrogen-bond acceptors (Lipinski definition) is 3. The normalized spacial score (nSPS) is 36.7. The lowest BCUT2D eigenvalue weighted by atomic mass is 9.54. The molecule has 0 aromatic heterocycles. The van der Waals surface area contributed by atoms with Crippen molar-refractivity contribution in [3.05, 3.63) is 35.4 Å². The molecular formula is C29H42N2O2. The highest BCUT2D eigenvalue weighted by atomic mass is 16.5. The van der Waals surface area contributed by atoms with Gasteiger partial charge in [0.15, 0.2) is 0 Å². The van der Waals surface area contributed by atoms with Gasteiger partial charge >= 0.3 is 0 Å². The molecule has 1 unspecified atom stereocenters. The van der Waals surface area contributed by atoms with Crippen molar-refractivity contribution in [1.82, 2.24) is 10.2 Å². The van der Waals surface area contributed by atoms with Gasteiger partial charge in [-0.05, 0) is 85.7 Å². The van der Waals surface area contributed by atoms with E-state index in [1.165, 1.54) is 75.3 Å². The van der Waals surface area contributed by atoms with Crippen LogP contribution in [0.1, 0.15) is 87.7 Å². The molecule has 5 aliphatic carbocycles. The maximum atomic E-state index is 12.9. The maximum Gasteiger partial charge on any atom is 0.222 e. The summed E-state index contributed by atoms with van der Waals surface area (Å²) in [5.41, 5.74) is 2.91. The number of nitrogens with zero attached hydrogens (tertiary/aromatic N) is 1. The number of benzene rings is 1. The third-order valence-corrected chi connectivity index (χ3v) is 9.65. The molecule has 7 rings (SSSR count). The first-order valence-corrected chi connectivity index (χ1v) is 13.9. The van der Waals surface area contributed by atoms with E-state index in [1.807, 2.05) is 0 Å². The van der Waals surface area contributed by atoms with Crippen LogP contribution in [0.15, 0.2) is 24.3 Å². The zero-order valence-electron chi connectivity index (χ0n) is 20.2. The summed E-state index contributed by atoms with van der Waals surface area (Å²) in [6.07, 6.45) is 14.3. The third kappa shape index (κ3) is 5.03. The molecular weight excluding hydrogens is 408 g/mol. The zero-order valence-corrected chi connectivity index (χ0v) is 20.2. The van der Waals surface area contributed by atoms with Crippen LogP contribution < -0.4 is 5.32 Å². The summed E-state index contributed by atoms with van der Waals surface area (Å²) in [5.74, 6) is 4.38. The summed E-state index contributed by atoms with van der Waals surface area (Å²) >= 11 is 0. The Morgan fingerprint density at radius 3 is 2.33 bits per heavy atom. The summed E-state index contributed by atoms with van der Waals surface area (Å²) in [7, 11) is 0. The molecule has 1 atom stereocenters. The molecule has 1 heterocycles. The lowest BCUT2D eigenvalue weighted by Gasteiger charge is -2.54. The van der Waals surface area contributed by atoms with Crippen molar-refractivity contribution < 1.29 is 9.53 Å². The summed E-state index contributed by atoms with van der Waals surface area (Å²) < 4.78 is 6.02. The fourth-order valence-corrected chi connectivity index (χ4v) is 8.25. The van der Waals surface area contributed by atoms with Gasteiger partial charge in [-0.15, -0.1) is 0 Å². The maximum absolute atomic E-state index is 12.9. The number of amides is 1. The molecule has 180 valence electrons. The average Bonchev–Trinajstić information content (AvgIpc) is 2.82. The van der Waals surface area contributed by atoms with Gasteiger partial charge in [0.25, 0.3) is 0 Å². The first-order valence-electron chi connectivity index (χ1n) is 13.9. The standard InChI is InChI=1S/C29H42N2O2/c32-28(30-29-25-13-21-12-22(15-25)16-26(29)14-21)17-27-19-31(10-11-33-27)18-20-6-8-24(9-7-20)23-4-2-1-3-5-23/h6-9,21-23,25-27,29H,1-5,10-19H2,(H,30,32). The van der Waals surface area contributed by atoms with E-state index in [4.69, 9.17) is 4.74 Å². The van der Waals surface area contributed by atoms with Crippen LogP contribution in [0.3, 0.4) is 0 Å². The monoisotopic (exact) mass is 450 g/mol. The first kappa shape index (κ1) is 22.1. The lowest BCUT2D eigenvalue weighted by Crippen LogP contribution is -2.56. The molecule has 4 bridgehead atoms. The van der Waals surface area contributed by atoms with Crippen molar-refractivity contribution in [2.75, 3.05) is 19.7 Å². The van der Waals surface area contributed by atoms with E-state index < -0.39 is 0 Å². The Hall–Kier alpha value is -1.39. The molecule has 6 aliphatic rings. The zero-order chi connectivity index (χ0) is 22.2. The highest BCUT2D eigenvalue weighted by molar-refractivity contribution is 5.77. The Bertz CT molecular complexity index is 787.